The van der Waals surface area contributed by atoms with Gasteiger partial charge >= 0.3 is 0 Å². The Kier molecular flexibility index (Phi) is 6.83. The number of nitrogens with zero attached hydrogens (tertiary/aromatic N) is 3. The molecule has 0 bridgehead atoms. The molecule has 0 aliphatic heterocycles. The summed E-state index contributed by atoms with van der Waals surface area (Å²) in [7, 11) is 1.62. The van der Waals surface area contributed by atoms with Crippen molar-refractivity contribution in [3.63, 3.8) is 0 Å². The van der Waals surface area contributed by atoms with Gasteiger partial charge in [0.25, 0.3) is 0 Å². The van der Waals surface area contributed by atoms with Crippen LogP contribution in [0.25, 0.3) is 11.4 Å². The molecule has 0 saturated heterocycles. The van der Waals surface area contributed by atoms with Gasteiger partial charge in [0.1, 0.15) is 5.75 Å². The zero-order chi connectivity index (χ0) is 20.1. The van der Waals surface area contributed by atoms with Crippen LogP contribution in [0.5, 0.6) is 5.75 Å². The van der Waals surface area contributed by atoms with Crippen LogP contribution in [0.2, 0.25) is 10.0 Å². The van der Waals surface area contributed by atoms with Crippen LogP contribution in [0.4, 0.5) is 5.69 Å². The van der Waals surface area contributed by atoms with Gasteiger partial charge in [-0.1, -0.05) is 47.1 Å². The highest BCUT2D eigenvalue weighted by Gasteiger charge is 2.17. The second-order valence-electron chi connectivity index (χ2n) is 5.71. The maximum atomic E-state index is 12.3. The first-order valence-electron chi connectivity index (χ1n) is 8.47. The van der Waals surface area contributed by atoms with Crippen molar-refractivity contribution in [2.45, 2.75) is 18.6 Å². The number of halogens is 2. The van der Waals surface area contributed by atoms with Gasteiger partial charge in [-0.15, -0.1) is 10.2 Å². The summed E-state index contributed by atoms with van der Waals surface area (Å²) < 4.78 is 7.37. The molecule has 3 aromatic rings. The molecule has 1 N–H and O–H groups in total. The topological polar surface area (TPSA) is 69.0 Å². The summed E-state index contributed by atoms with van der Waals surface area (Å²) in [6.45, 7) is 2.66. The summed E-state index contributed by atoms with van der Waals surface area (Å²) >= 11 is 13.3. The van der Waals surface area contributed by atoms with Crippen molar-refractivity contribution < 1.29 is 9.53 Å². The van der Waals surface area contributed by atoms with Gasteiger partial charge in [-0.05, 0) is 37.3 Å². The van der Waals surface area contributed by atoms with Gasteiger partial charge < -0.3 is 14.6 Å². The van der Waals surface area contributed by atoms with Gasteiger partial charge in [0.05, 0.1) is 29.1 Å². The quantitative estimate of drug-likeness (QED) is 0.527. The molecule has 0 aliphatic carbocycles. The lowest BCUT2D eigenvalue weighted by Crippen LogP contribution is -2.15. The number of hydrogen-bond donors (Lipinski definition) is 1. The van der Waals surface area contributed by atoms with Gasteiger partial charge in [-0.25, -0.2) is 0 Å². The van der Waals surface area contributed by atoms with Crippen LogP contribution in [0, 0.1) is 0 Å². The summed E-state index contributed by atoms with van der Waals surface area (Å²) in [5, 5.41) is 12.9. The molecule has 1 amide bonds. The van der Waals surface area contributed by atoms with Crippen LogP contribution >= 0.6 is 35.0 Å². The van der Waals surface area contributed by atoms with E-state index in [1.54, 1.807) is 25.3 Å². The molecule has 0 fully saturated rings. The molecule has 0 radical (unpaired) electrons. The van der Waals surface area contributed by atoms with E-state index < -0.39 is 0 Å². The summed E-state index contributed by atoms with van der Waals surface area (Å²) in [4.78, 5) is 12.3. The number of thioether (sulfide) groups is 1. The van der Waals surface area contributed by atoms with Crippen LogP contribution in [0.1, 0.15) is 6.92 Å². The van der Waals surface area contributed by atoms with Crippen molar-refractivity contribution in [2.24, 2.45) is 0 Å². The molecular formula is C19H18Cl2N4O2S. The van der Waals surface area contributed by atoms with Crippen molar-refractivity contribution in [3.8, 4) is 17.1 Å². The fourth-order valence-electron chi connectivity index (χ4n) is 2.62. The van der Waals surface area contributed by atoms with Crippen LogP contribution in [-0.4, -0.2) is 33.5 Å². The number of ether oxygens (including phenoxy) is 1. The molecule has 0 atom stereocenters. The number of carbonyl (C=O) groups excluding carboxylic acids is 1. The Labute approximate surface area is 177 Å². The molecule has 0 unspecified atom stereocenters. The average Bonchev–Trinajstić information content (AvgIpc) is 3.11. The Morgan fingerprint density at radius 3 is 2.75 bits per heavy atom. The van der Waals surface area contributed by atoms with E-state index >= 15 is 0 Å². The number of amides is 1. The first-order chi connectivity index (χ1) is 13.5. The maximum Gasteiger partial charge on any atom is 0.234 e. The SMILES string of the molecule is CCn1c(SCC(=O)Nc2cc(Cl)ccc2Cl)nnc1-c1ccccc1OC. The lowest BCUT2D eigenvalue weighted by Gasteiger charge is -2.10. The van der Waals surface area contributed by atoms with E-state index in [2.05, 4.69) is 15.5 Å². The number of anilines is 1. The van der Waals surface area contributed by atoms with E-state index in [1.165, 1.54) is 11.8 Å². The number of aromatic nitrogens is 3. The fourth-order valence-corrected chi connectivity index (χ4v) is 3.76. The molecule has 0 saturated carbocycles. The second kappa shape index (κ2) is 9.32. The minimum absolute atomic E-state index is 0.160. The second-order valence-corrected chi connectivity index (χ2v) is 7.50. The van der Waals surface area contributed by atoms with Crippen molar-refractivity contribution in [1.82, 2.24) is 14.8 Å². The fraction of sp³-hybridized carbons (Fsp3) is 0.211. The Hall–Kier alpha value is -2.22. The third-order valence-electron chi connectivity index (χ3n) is 3.92. The third kappa shape index (κ3) is 4.60. The summed E-state index contributed by atoms with van der Waals surface area (Å²) in [6.07, 6.45) is 0. The first kappa shape index (κ1) is 20.5. The highest BCUT2D eigenvalue weighted by Crippen LogP contribution is 2.31. The first-order valence-corrected chi connectivity index (χ1v) is 10.2. The summed E-state index contributed by atoms with van der Waals surface area (Å²) in [5.41, 5.74) is 1.33. The van der Waals surface area contributed by atoms with E-state index in [0.717, 1.165) is 11.3 Å². The molecule has 0 spiro atoms. The smallest absolute Gasteiger partial charge is 0.234 e. The molecule has 0 aliphatic rings. The van der Waals surface area contributed by atoms with E-state index in [0.29, 0.717) is 33.3 Å². The minimum atomic E-state index is -0.210. The van der Waals surface area contributed by atoms with Crippen molar-refractivity contribution in [1.29, 1.82) is 0 Å². The Bertz CT molecular complexity index is 994. The zero-order valence-corrected chi connectivity index (χ0v) is 17.6. The lowest BCUT2D eigenvalue weighted by atomic mass is 10.2. The van der Waals surface area contributed by atoms with Crippen molar-refractivity contribution >= 4 is 46.6 Å². The number of nitrogens with one attached hydrogen (secondary N) is 1. The molecule has 3 rings (SSSR count). The highest BCUT2D eigenvalue weighted by molar-refractivity contribution is 7.99. The molecule has 6 nitrogen and oxygen atoms in total. The Morgan fingerprint density at radius 1 is 1.21 bits per heavy atom. The number of benzene rings is 2. The largest absolute Gasteiger partial charge is 0.496 e. The lowest BCUT2D eigenvalue weighted by molar-refractivity contribution is -0.113. The van der Waals surface area contributed by atoms with Gasteiger partial charge in [-0.3, -0.25) is 4.79 Å². The molecule has 2 aromatic carbocycles. The normalized spacial score (nSPS) is 10.7. The third-order valence-corrected chi connectivity index (χ3v) is 5.45. The van der Waals surface area contributed by atoms with Crippen LogP contribution in [0.3, 0.4) is 0 Å². The van der Waals surface area contributed by atoms with Crippen LogP contribution in [0.15, 0.2) is 47.6 Å². The summed E-state index contributed by atoms with van der Waals surface area (Å²) in [5.74, 6) is 1.36. The van der Waals surface area contributed by atoms with E-state index in [4.69, 9.17) is 27.9 Å². The zero-order valence-electron chi connectivity index (χ0n) is 15.3. The average molecular weight is 437 g/mol. The Balaban J connectivity index is 1.74. The van der Waals surface area contributed by atoms with E-state index in [9.17, 15) is 4.79 Å². The molecule has 28 heavy (non-hydrogen) atoms. The van der Waals surface area contributed by atoms with E-state index in [-0.39, 0.29) is 11.7 Å². The standard InChI is InChI=1S/C19H18Cl2N4O2S/c1-3-25-18(13-6-4-5-7-16(13)27-2)23-24-19(25)28-11-17(26)22-15-10-12(20)8-9-14(15)21/h4-10H,3,11H2,1-2H3,(H,22,26). The molecule has 146 valence electrons. The number of para-hydroxylation sites is 1. The predicted octanol–water partition coefficient (Wildman–Crippen LogP) is 5.01. The Morgan fingerprint density at radius 2 is 2.00 bits per heavy atom. The molecule has 9 heteroatoms. The van der Waals surface area contributed by atoms with Crippen LogP contribution in [-0.2, 0) is 11.3 Å². The maximum absolute atomic E-state index is 12.3. The predicted molar refractivity (Wildman–Crippen MR) is 113 cm³/mol. The number of rotatable bonds is 7. The number of methoxy groups -OCH3 is 1. The summed E-state index contributed by atoms with van der Waals surface area (Å²) in [6, 6.07) is 12.5. The van der Waals surface area contributed by atoms with Gasteiger partial charge in [0, 0.05) is 11.6 Å². The highest BCUT2D eigenvalue weighted by atomic mass is 35.5. The van der Waals surface area contributed by atoms with Gasteiger partial charge in [0.15, 0.2) is 11.0 Å². The number of carbonyl (C=O) groups is 1. The molecule has 1 heterocycles. The minimum Gasteiger partial charge on any atom is -0.496 e. The molecular weight excluding hydrogens is 419 g/mol. The monoisotopic (exact) mass is 436 g/mol. The number of hydrogen-bond acceptors (Lipinski definition) is 5. The molecule has 1 aromatic heterocycles. The van der Waals surface area contributed by atoms with Crippen molar-refractivity contribution in [3.05, 3.63) is 52.5 Å². The van der Waals surface area contributed by atoms with Crippen molar-refractivity contribution in [2.75, 3.05) is 18.2 Å². The van der Waals surface area contributed by atoms with Crippen LogP contribution < -0.4 is 10.1 Å². The van der Waals surface area contributed by atoms with E-state index in [1.807, 2.05) is 35.8 Å². The van der Waals surface area contributed by atoms with Gasteiger partial charge in [0.2, 0.25) is 5.91 Å². The van der Waals surface area contributed by atoms with Gasteiger partial charge in [-0.2, -0.15) is 0 Å².